The van der Waals surface area contributed by atoms with Gasteiger partial charge in [0.2, 0.25) is 0 Å². The van der Waals surface area contributed by atoms with Crippen LogP contribution in [0.25, 0.3) is 0 Å². The van der Waals surface area contributed by atoms with Gasteiger partial charge in [0.05, 0.1) is 13.2 Å². The number of aliphatic imine (C=N–C) groups is 1. The quantitative estimate of drug-likeness (QED) is 0.604. The fourth-order valence-electron chi connectivity index (χ4n) is 2.85. The van der Waals surface area contributed by atoms with E-state index in [0.717, 1.165) is 38.8 Å². The van der Waals surface area contributed by atoms with Crippen molar-refractivity contribution in [2.45, 2.75) is 26.2 Å². The van der Waals surface area contributed by atoms with E-state index in [1.807, 2.05) is 0 Å². The average molecular weight is 268 g/mol. The summed E-state index contributed by atoms with van der Waals surface area (Å²) < 4.78 is 5.31. The van der Waals surface area contributed by atoms with Crippen molar-refractivity contribution in [2.24, 2.45) is 16.6 Å². The molecule has 0 aromatic carbocycles. The van der Waals surface area contributed by atoms with Crippen molar-refractivity contribution in [1.29, 1.82) is 0 Å². The molecule has 2 N–H and O–H groups in total. The van der Waals surface area contributed by atoms with Crippen LogP contribution in [0.3, 0.4) is 0 Å². The van der Waals surface area contributed by atoms with Gasteiger partial charge in [0, 0.05) is 19.6 Å². The van der Waals surface area contributed by atoms with Crippen LogP contribution in [0.1, 0.15) is 26.2 Å². The summed E-state index contributed by atoms with van der Waals surface area (Å²) in [5, 5.41) is 0. The van der Waals surface area contributed by atoms with Crippen molar-refractivity contribution < 1.29 is 4.74 Å². The minimum Gasteiger partial charge on any atom is -0.378 e. The molecule has 2 rings (SSSR count). The molecule has 0 saturated carbocycles. The summed E-state index contributed by atoms with van der Waals surface area (Å²) >= 11 is 0. The van der Waals surface area contributed by atoms with Gasteiger partial charge in [-0.2, -0.15) is 0 Å². The molecule has 2 heterocycles. The summed E-state index contributed by atoms with van der Waals surface area (Å²) in [4.78, 5) is 9.19. The van der Waals surface area contributed by atoms with Crippen molar-refractivity contribution in [2.75, 3.05) is 52.5 Å². The normalized spacial score (nSPS) is 23.8. The van der Waals surface area contributed by atoms with Gasteiger partial charge >= 0.3 is 0 Å². The molecule has 2 aliphatic rings. The zero-order valence-electron chi connectivity index (χ0n) is 12.2. The minimum absolute atomic E-state index is 0.703. The van der Waals surface area contributed by atoms with Gasteiger partial charge in [-0.1, -0.05) is 6.92 Å². The number of nitrogens with two attached hydrogens (primary N) is 1. The van der Waals surface area contributed by atoms with Crippen LogP contribution in [-0.2, 0) is 4.74 Å². The highest BCUT2D eigenvalue weighted by atomic mass is 16.5. The Bertz CT molecular complexity index is 281. The molecular formula is C14H28N4O. The smallest absolute Gasteiger partial charge is 0.191 e. The molecule has 0 amide bonds. The summed E-state index contributed by atoms with van der Waals surface area (Å²) in [5.74, 6) is 1.54. The second-order valence-electron chi connectivity index (χ2n) is 5.51. The van der Waals surface area contributed by atoms with Gasteiger partial charge in [0.25, 0.3) is 0 Å². The van der Waals surface area contributed by atoms with E-state index in [1.54, 1.807) is 0 Å². The Balaban J connectivity index is 1.65. The van der Waals surface area contributed by atoms with Crippen LogP contribution in [0.4, 0.5) is 0 Å². The lowest BCUT2D eigenvalue weighted by atomic mass is 9.94. The Labute approximate surface area is 116 Å². The Morgan fingerprint density at radius 1 is 1.21 bits per heavy atom. The molecule has 2 fully saturated rings. The topological polar surface area (TPSA) is 54.1 Å². The molecule has 0 aromatic rings. The van der Waals surface area contributed by atoms with Crippen molar-refractivity contribution in [3.8, 4) is 0 Å². The molecule has 19 heavy (non-hydrogen) atoms. The number of ether oxygens (including phenoxy) is 1. The molecule has 0 unspecified atom stereocenters. The Kier molecular flexibility index (Phi) is 5.92. The molecule has 0 spiro atoms. The largest absolute Gasteiger partial charge is 0.378 e. The second kappa shape index (κ2) is 7.70. The van der Waals surface area contributed by atoms with Crippen molar-refractivity contribution in [1.82, 2.24) is 9.80 Å². The van der Waals surface area contributed by atoms with Gasteiger partial charge in [0.1, 0.15) is 0 Å². The molecule has 0 atom stereocenters. The summed E-state index contributed by atoms with van der Waals surface area (Å²) in [5.41, 5.74) is 6.02. The van der Waals surface area contributed by atoms with Crippen LogP contribution < -0.4 is 5.73 Å². The summed E-state index contributed by atoms with van der Waals surface area (Å²) in [7, 11) is 0. The lowest BCUT2D eigenvalue weighted by molar-refractivity contribution is 0.0674. The van der Waals surface area contributed by atoms with E-state index in [9.17, 15) is 0 Å². The molecule has 2 aliphatic heterocycles. The van der Waals surface area contributed by atoms with Crippen molar-refractivity contribution in [3.63, 3.8) is 0 Å². The first-order valence-electron chi connectivity index (χ1n) is 7.64. The zero-order valence-corrected chi connectivity index (χ0v) is 12.2. The number of likely N-dealkylation sites (tertiary alicyclic amines) is 1. The standard InChI is InChI=1S/C14H28N4O/c1-2-17-7-4-13(5-8-17)3-6-16-14(15)18-9-11-19-12-10-18/h13H,2-12H2,1H3,(H2,15,16). The molecule has 0 aliphatic carbocycles. The van der Waals surface area contributed by atoms with Crippen molar-refractivity contribution in [3.05, 3.63) is 0 Å². The number of rotatable bonds is 4. The first-order valence-corrected chi connectivity index (χ1v) is 7.64. The van der Waals surface area contributed by atoms with Gasteiger partial charge in [-0.15, -0.1) is 0 Å². The average Bonchev–Trinajstić information content (AvgIpc) is 2.49. The first-order chi connectivity index (χ1) is 9.29. The number of morpholine rings is 1. The Morgan fingerprint density at radius 3 is 2.53 bits per heavy atom. The molecule has 0 aromatic heterocycles. The summed E-state index contributed by atoms with van der Waals surface area (Å²) in [6, 6.07) is 0. The first kappa shape index (κ1) is 14.6. The number of hydrogen-bond donors (Lipinski definition) is 1. The van der Waals surface area contributed by atoms with Crippen LogP contribution in [0.5, 0.6) is 0 Å². The lowest BCUT2D eigenvalue weighted by Crippen LogP contribution is -2.44. The summed E-state index contributed by atoms with van der Waals surface area (Å²) in [6.07, 6.45) is 3.82. The van der Waals surface area contributed by atoms with E-state index < -0.39 is 0 Å². The fraction of sp³-hybridized carbons (Fsp3) is 0.929. The molecular weight excluding hydrogens is 240 g/mol. The Hall–Kier alpha value is -0.810. The lowest BCUT2D eigenvalue weighted by Gasteiger charge is -2.31. The SMILES string of the molecule is CCN1CCC(CCN=C(N)N2CCOCC2)CC1. The molecule has 5 nitrogen and oxygen atoms in total. The van der Waals surface area contributed by atoms with Crippen molar-refractivity contribution >= 4 is 5.96 Å². The van der Waals surface area contributed by atoms with Gasteiger partial charge in [-0.05, 0) is 44.8 Å². The predicted octanol–water partition coefficient (Wildman–Crippen LogP) is 0.755. The number of hydrogen-bond acceptors (Lipinski definition) is 3. The summed E-state index contributed by atoms with van der Waals surface area (Å²) in [6.45, 7) is 10.1. The maximum atomic E-state index is 6.02. The van der Waals surface area contributed by atoms with E-state index in [4.69, 9.17) is 10.5 Å². The maximum Gasteiger partial charge on any atom is 0.191 e. The third-order valence-corrected chi connectivity index (χ3v) is 4.30. The molecule has 0 bridgehead atoms. The molecule has 0 radical (unpaired) electrons. The highest BCUT2D eigenvalue weighted by Gasteiger charge is 2.17. The monoisotopic (exact) mass is 268 g/mol. The van der Waals surface area contributed by atoms with Gasteiger partial charge in [-0.3, -0.25) is 4.99 Å². The van der Waals surface area contributed by atoms with Gasteiger partial charge in [0.15, 0.2) is 5.96 Å². The number of piperidine rings is 1. The number of guanidine groups is 1. The molecule has 110 valence electrons. The third-order valence-electron chi connectivity index (χ3n) is 4.30. The third kappa shape index (κ3) is 4.66. The van der Waals surface area contributed by atoms with Crippen LogP contribution in [0, 0.1) is 5.92 Å². The highest BCUT2D eigenvalue weighted by Crippen LogP contribution is 2.20. The van der Waals surface area contributed by atoms with E-state index >= 15 is 0 Å². The van der Waals surface area contributed by atoms with Gasteiger partial charge in [-0.25, -0.2) is 0 Å². The van der Waals surface area contributed by atoms with Crippen LogP contribution in [0.15, 0.2) is 4.99 Å². The van der Waals surface area contributed by atoms with E-state index in [0.29, 0.717) is 5.96 Å². The van der Waals surface area contributed by atoms with Crippen LogP contribution >= 0.6 is 0 Å². The minimum atomic E-state index is 0.703. The zero-order chi connectivity index (χ0) is 13.5. The van der Waals surface area contributed by atoms with E-state index in [2.05, 4.69) is 21.7 Å². The highest BCUT2D eigenvalue weighted by molar-refractivity contribution is 5.78. The fourth-order valence-corrected chi connectivity index (χ4v) is 2.85. The van der Waals surface area contributed by atoms with E-state index in [-0.39, 0.29) is 0 Å². The molecule has 2 saturated heterocycles. The number of nitrogens with zero attached hydrogens (tertiary/aromatic N) is 3. The second-order valence-corrected chi connectivity index (χ2v) is 5.51. The predicted molar refractivity (Wildman–Crippen MR) is 78.3 cm³/mol. The maximum absolute atomic E-state index is 6.02. The van der Waals surface area contributed by atoms with E-state index in [1.165, 1.54) is 38.9 Å². The van der Waals surface area contributed by atoms with Crippen LogP contribution in [-0.4, -0.2) is 68.2 Å². The van der Waals surface area contributed by atoms with Crippen LogP contribution in [0.2, 0.25) is 0 Å². The van der Waals surface area contributed by atoms with Gasteiger partial charge < -0.3 is 20.3 Å². The Morgan fingerprint density at radius 2 is 1.89 bits per heavy atom. The molecule has 5 heteroatoms.